The van der Waals surface area contributed by atoms with Crippen LogP contribution in [0, 0.1) is 5.92 Å². The highest BCUT2D eigenvalue weighted by Gasteiger charge is 2.15. The molecule has 1 amide bonds. The van der Waals surface area contributed by atoms with E-state index >= 15 is 0 Å². The Bertz CT molecular complexity index is 241. The first-order valence-corrected chi connectivity index (χ1v) is 5.91. The number of allylic oxidation sites excluding steroid dienone is 2. The van der Waals surface area contributed by atoms with Crippen molar-refractivity contribution in [2.24, 2.45) is 11.7 Å². The Morgan fingerprint density at radius 3 is 3.06 bits per heavy atom. The first-order chi connectivity index (χ1) is 7.74. The van der Waals surface area contributed by atoms with Crippen LogP contribution < -0.4 is 11.1 Å². The summed E-state index contributed by atoms with van der Waals surface area (Å²) in [4.78, 5) is 11.6. The van der Waals surface area contributed by atoms with E-state index in [1.165, 1.54) is 0 Å². The Labute approximate surface area is 97.2 Å². The summed E-state index contributed by atoms with van der Waals surface area (Å²) in [5.41, 5.74) is 5.71. The second kappa shape index (κ2) is 7.41. The number of hydrogen-bond donors (Lipinski definition) is 2. The van der Waals surface area contributed by atoms with E-state index in [9.17, 15) is 4.79 Å². The van der Waals surface area contributed by atoms with Gasteiger partial charge in [-0.15, -0.1) is 0 Å². The summed E-state index contributed by atoms with van der Waals surface area (Å²) in [6, 6.07) is -0.445. The molecule has 0 aromatic rings. The average molecular weight is 226 g/mol. The van der Waals surface area contributed by atoms with Gasteiger partial charge in [0, 0.05) is 20.3 Å². The van der Waals surface area contributed by atoms with Gasteiger partial charge in [-0.3, -0.25) is 4.79 Å². The molecule has 3 N–H and O–H groups in total. The van der Waals surface area contributed by atoms with Crippen molar-refractivity contribution in [1.82, 2.24) is 5.32 Å². The van der Waals surface area contributed by atoms with Crippen molar-refractivity contribution in [2.45, 2.75) is 31.7 Å². The number of carbonyl (C=O) groups excluding carboxylic acids is 1. The first-order valence-electron chi connectivity index (χ1n) is 5.91. The number of amides is 1. The van der Waals surface area contributed by atoms with Gasteiger partial charge in [-0.2, -0.15) is 0 Å². The third kappa shape index (κ3) is 4.77. The number of ether oxygens (including phenoxy) is 1. The van der Waals surface area contributed by atoms with Crippen LogP contribution in [0.15, 0.2) is 12.2 Å². The van der Waals surface area contributed by atoms with E-state index in [0.29, 0.717) is 18.9 Å². The number of hydrogen-bond acceptors (Lipinski definition) is 3. The van der Waals surface area contributed by atoms with Crippen LogP contribution in [-0.4, -0.2) is 32.2 Å². The Morgan fingerprint density at radius 1 is 1.62 bits per heavy atom. The molecule has 1 rings (SSSR count). The van der Waals surface area contributed by atoms with Crippen molar-refractivity contribution >= 4 is 5.91 Å². The highest BCUT2D eigenvalue weighted by molar-refractivity contribution is 5.81. The largest absolute Gasteiger partial charge is 0.385 e. The highest BCUT2D eigenvalue weighted by Crippen LogP contribution is 2.16. The van der Waals surface area contributed by atoms with E-state index in [4.69, 9.17) is 10.5 Å². The lowest BCUT2D eigenvalue weighted by Crippen LogP contribution is -2.43. The minimum absolute atomic E-state index is 0.0633. The second-order valence-electron chi connectivity index (χ2n) is 4.28. The summed E-state index contributed by atoms with van der Waals surface area (Å²) >= 11 is 0. The van der Waals surface area contributed by atoms with Gasteiger partial charge in [0.25, 0.3) is 0 Å². The molecule has 0 aromatic heterocycles. The normalized spacial score (nSPS) is 21.8. The van der Waals surface area contributed by atoms with Gasteiger partial charge in [-0.25, -0.2) is 0 Å². The molecule has 0 saturated carbocycles. The van der Waals surface area contributed by atoms with Crippen LogP contribution in [0.25, 0.3) is 0 Å². The van der Waals surface area contributed by atoms with Crippen LogP contribution >= 0.6 is 0 Å². The van der Waals surface area contributed by atoms with E-state index < -0.39 is 6.04 Å². The van der Waals surface area contributed by atoms with Gasteiger partial charge < -0.3 is 15.8 Å². The van der Waals surface area contributed by atoms with E-state index in [2.05, 4.69) is 17.5 Å². The lowest BCUT2D eigenvalue weighted by Gasteiger charge is -2.19. The minimum atomic E-state index is -0.445. The third-order valence-corrected chi connectivity index (χ3v) is 2.91. The van der Waals surface area contributed by atoms with Crippen LogP contribution in [0.2, 0.25) is 0 Å². The Hall–Kier alpha value is -0.870. The van der Waals surface area contributed by atoms with Crippen molar-refractivity contribution in [1.29, 1.82) is 0 Å². The lowest BCUT2D eigenvalue weighted by atomic mass is 9.94. The molecule has 0 heterocycles. The topological polar surface area (TPSA) is 64.3 Å². The van der Waals surface area contributed by atoms with Gasteiger partial charge in [-0.05, 0) is 31.6 Å². The quantitative estimate of drug-likeness (QED) is 0.659. The molecule has 0 spiro atoms. The molecule has 0 fully saturated rings. The summed E-state index contributed by atoms with van der Waals surface area (Å²) in [7, 11) is 1.61. The predicted octanol–water partition coefficient (Wildman–Crippen LogP) is 0.823. The molecule has 2 atom stereocenters. The molecule has 0 aromatic carbocycles. The summed E-state index contributed by atoms with van der Waals surface area (Å²) in [5, 5.41) is 2.91. The summed E-state index contributed by atoms with van der Waals surface area (Å²) in [6.07, 6.45) is 8.30. The van der Waals surface area contributed by atoms with Gasteiger partial charge in [0.2, 0.25) is 5.91 Å². The summed E-state index contributed by atoms with van der Waals surface area (Å²) in [5.74, 6) is 0.509. The number of rotatable bonds is 6. The Balaban J connectivity index is 2.15. The Kier molecular flexibility index (Phi) is 6.11. The molecule has 0 aliphatic heterocycles. The van der Waals surface area contributed by atoms with Gasteiger partial charge in [0.15, 0.2) is 0 Å². The van der Waals surface area contributed by atoms with E-state index in [1.807, 2.05) is 0 Å². The molecule has 0 radical (unpaired) electrons. The zero-order valence-corrected chi connectivity index (χ0v) is 9.95. The van der Waals surface area contributed by atoms with Crippen LogP contribution in [0.4, 0.5) is 0 Å². The van der Waals surface area contributed by atoms with Gasteiger partial charge in [-0.1, -0.05) is 12.2 Å². The molecule has 1 aliphatic carbocycles. The van der Waals surface area contributed by atoms with Crippen LogP contribution in [0.3, 0.4) is 0 Å². The van der Waals surface area contributed by atoms with Gasteiger partial charge in [0.05, 0.1) is 6.04 Å². The minimum Gasteiger partial charge on any atom is -0.385 e. The fourth-order valence-corrected chi connectivity index (χ4v) is 1.79. The monoisotopic (exact) mass is 226 g/mol. The maximum atomic E-state index is 11.6. The van der Waals surface area contributed by atoms with Crippen molar-refractivity contribution in [3.05, 3.63) is 12.2 Å². The molecule has 1 aliphatic rings. The number of carbonyl (C=O) groups is 1. The van der Waals surface area contributed by atoms with E-state index in [1.54, 1.807) is 7.11 Å². The molecular formula is C12H22N2O2. The number of nitrogens with two attached hydrogens (primary N) is 1. The smallest absolute Gasteiger partial charge is 0.237 e. The molecule has 92 valence electrons. The number of nitrogens with one attached hydrogen (secondary N) is 1. The maximum absolute atomic E-state index is 11.6. The van der Waals surface area contributed by atoms with Crippen molar-refractivity contribution in [2.75, 3.05) is 20.3 Å². The zero-order chi connectivity index (χ0) is 11.8. The number of methoxy groups -OCH3 is 1. The maximum Gasteiger partial charge on any atom is 0.237 e. The zero-order valence-electron chi connectivity index (χ0n) is 9.95. The third-order valence-electron chi connectivity index (χ3n) is 2.91. The van der Waals surface area contributed by atoms with Gasteiger partial charge >= 0.3 is 0 Å². The standard InChI is InChI=1S/C12H22N2O2/c1-16-8-7-11(13)12(15)14-9-10-5-3-2-4-6-10/h2-3,10-11H,4-9,13H2,1H3,(H,14,15). The van der Waals surface area contributed by atoms with E-state index in [-0.39, 0.29) is 5.91 Å². The SMILES string of the molecule is COCCC(N)C(=O)NCC1CC=CCC1. The first kappa shape index (κ1) is 13.2. The molecule has 0 saturated heterocycles. The highest BCUT2D eigenvalue weighted by atomic mass is 16.5. The van der Waals surface area contributed by atoms with Crippen molar-refractivity contribution < 1.29 is 9.53 Å². The summed E-state index contributed by atoms with van der Waals surface area (Å²) < 4.78 is 4.89. The van der Waals surface area contributed by atoms with E-state index in [0.717, 1.165) is 25.8 Å². The molecule has 2 unspecified atom stereocenters. The summed E-state index contributed by atoms with van der Waals surface area (Å²) in [6.45, 7) is 1.27. The molecular weight excluding hydrogens is 204 g/mol. The predicted molar refractivity (Wildman–Crippen MR) is 64.0 cm³/mol. The van der Waals surface area contributed by atoms with Crippen molar-refractivity contribution in [3.63, 3.8) is 0 Å². The molecule has 4 heteroatoms. The fraction of sp³-hybridized carbons (Fsp3) is 0.750. The van der Waals surface area contributed by atoms with Crippen LogP contribution in [0.5, 0.6) is 0 Å². The molecule has 0 bridgehead atoms. The van der Waals surface area contributed by atoms with Gasteiger partial charge in [0.1, 0.15) is 0 Å². The van der Waals surface area contributed by atoms with Crippen LogP contribution in [-0.2, 0) is 9.53 Å². The van der Waals surface area contributed by atoms with Crippen molar-refractivity contribution in [3.8, 4) is 0 Å². The average Bonchev–Trinajstić information content (AvgIpc) is 2.34. The van der Waals surface area contributed by atoms with Crippen LogP contribution in [0.1, 0.15) is 25.7 Å². The molecule has 4 nitrogen and oxygen atoms in total. The fourth-order valence-electron chi connectivity index (χ4n) is 1.79. The Morgan fingerprint density at radius 2 is 2.44 bits per heavy atom. The second-order valence-corrected chi connectivity index (χ2v) is 4.28. The molecule has 16 heavy (non-hydrogen) atoms. The lowest BCUT2D eigenvalue weighted by molar-refractivity contribution is -0.122.